The number of hydrogen-bond acceptors (Lipinski definition) is 3. The number of carbonyl (C=O) groups is 1. The number of amides is 1. The monoisotopic (exact) mass is 305 g/mol. The summed E-state index contributed by atoms with van der Waals surface area (Å²) in [4.78, 5) is 14.6. The third kappa shape index (κ3) is 2.71. The van der Waals surface area contributed by atoms with Crippen molar-refractivity contribution < 1.29 is 9.90 Å². The predicted molar refractivity (Wildman–Crippen MR) is 86.6 cm³/mol. The van der Waals surface area contributed by atoms with Gasteiger partial charge in [-0.2, -0.15) is 11.8 Å². The minimum absolute atomic E-state index is 0.0592. The Morgan fingerprint density at radius 2 is 2.19 bits per heavy atom. The zero-order valence-corrected chi connectivity index (χ0v) is 13.5. The Morgan fingerprint density at radius 3 is 2.86 bits per heavy atom. The fraction of sp³-hybridized carbons (Fsp3) is 0.588. The number of aryl methyl sites for hydroxylation is 1. The first kappa shape index (κ1) is 14.9. The Morgan fingerprint density at radius 1 is 1.43 bits per heavy atom. The smallest absolute Gasteiger partial charge is 0.255 e. The topological polar surface area (TPSA) is 40.5 Å². The van der Waals surface area contributed by atoms with Crippen LogP contribution in [-0.4, -0.2) is 45.6 Å². The molecule has 114 valence electrons. The molecule has 3 unspecified atom stereocenters. The Bertz CT molecular complexity index is 539. The predicted octanol–water partition coefficient (Wildman–Crippen LogP) is 2.57. The van der Waals surface area contributed by atoms with E-state index in [0.717, 1.165) is 18.7 Å². The highest BCUT2D eigenvalue weighted by atomic mass is 32.2. The van der Waals surface area contributed by atoms with Crippen molar-refractivity contribution in [1.82, 2.24) is 4.90 Å². The molecule has 1 amide bonds. The summed E-state index contributed by atoms with van der Waals surface area (Å²) in [6, 6.07) is 8.63. The van der Waals surface area contributed by atoms with E-state index in [2.05, 4.69) is 38.1 Å². The molecule has 1 aromatic carbocycles. The lowest BCUT2D eigenvalue weighted by atomic mass is 9.93. The van der Waals surface area contributed by atoms with Crippen LogP contribution in [-0.2, 0) is 4.79 Å². The van der Waals surface area contributed by atoms with Crippen LogP contribution >= 0.6 is 11.8 Å². The first-order valence-electron chi connectivity index (χ1n) is 7.68. The van der Waals surface area contributed by atoms with E-state index in [-0.39, 0.29) is 11.9 Å². The highest BCUT2D eigenvalue weighted by molar-refractivity contribution is 7.99. The molecular formula is C17H23NO2S. The minimum Gasteiger partial charge on any atom is -0.379 e. The van der Waals surface area contributed by atoms with E-state index in [4.69, 9.17) is 0 Å². The van der Waals surface area contributed by atoms with E-state index >= 15 is 0 Å². The maximum absolute atomic E-state index is 12.7. The van der Waals surface area contributed by atoms with Gasteiger partial charge < -0.3 is 10.0 Å². The second-order valence-corrected chi connectivity index (χ2v) is 7.54. The molecule has 4 heteroatoms. The van der Waals surface area contributed by atoms with E-state index in [0.29, 0.717) is 18.1 Å². The van der Waals surface area contributed by atoms with Crippen LogP contribution < -0.4 is 0 Å². The van der Waals surface area contributed by atoms with E-state index in [1.54, 1.807) is 11.8 Å². The Labute approximate surface area is 130 Å². The standard InChI is InChI=1S/C17H23NO2S/c1-12-5-3-4-6-15(12)14-9-13(2)18(10-14)16(19)17(20)7-8-21-11-17/h3-6,13-14,20H,7-11H2,1-2H3. The average Bonchev–Trinajstić information content (AvgIpc) is 3.06. The van der Waals surface area contributed by atoms with E-state index < -0.39 is 5.60 Å². The number of benzene rings is 1. The molecule has 3 rings (SSSR count). The number of carbonyl (C=O) groups excluding carboxylic acids is 1. The summed E-state index contributed by atoms with van der Waals surface area (Å²) in [5, 5.41) is 10.5. The van der Waals surface area contributed by atoms with E-state index in [9.17, 15) is 9.90 Å². The van der Waals surface area contributed by atoms with Gasteiger partial charge in [0, 0.05) is 24.3 Å². The molecule has 2 aliphatic heterocycles. The molecule has 1 aromatic rings. The van der Waals surface area contributed by atoms with Gasteiger partial charge in [0.1, 0.15) is 0 Å². The molecule has 2 heterocycles. The highest BCUT2D eigenvalue weighted by Crippen LogP contribution is 2.37. The van der Waals surface area contributed by atoms with Crippen molar-refractivity contribution in [2.45, 2.75) is 44.2 Å². The van der Waals surface area contributed by atoms with Crippen molar-refractivity contribution in [1.29, 1.82) is 0 Å². The van der Waals surface area contributed by atoms with Crippen LogP contribution in [0.4, 0.5) is 0 Å². The number of likely N-dealkylation sites (tertiary alicyclic amines) is 1. The molecule has 21 heavy (non-hydrogen) atoms. The van der Waals surface area contributed by atoms with Crippen molar-refractivity contribution in [2.24, 2.45) is 0 Å². The lowest BCUT2D eigenvalue weighted by Crippen LogP contribution is -2.50. The Kier molecular flexibility index (Phi) is 4.02. The molecule has 0 aromatic heterocycles. The third-order valence-electron chi connectivity index (χ3n) is 4.86. The second-order valence-electron chi connectivity index (χ2n) is 6.43. The van der Waals surface area contributed by atoms with Gasteiger partial charge in [-0.25, -0.2) is 0 Å². The molecule has 0 radical (unpaired) electrons. The first-order chi connectivity index (χ1) is 10.0. The maximum Gasteiger partial charge on any atom is 0.255 e. The van der Waals surface area contributed by atoms with Crippen molar-refractivity contribution >= 4 is 17.7 Å². The fourth-order valence-corrected chi connectivity index (χ4v) is 4.81. The third-order valence-corrected chi connectivity index (χ3v) is 6.04. The van der Waals surface area contributed by atoms with Gasteiger partial charge in [-0.15, -0.1) is 0 Å². The summed E-state index contributed by atoms with van der Waals surface area (Å²) in [5.74, 6) is 1.76. The average molecular weight is 305 g/mol. The van der Waals surface area contributed by atoms with Crippen LogP contribution in [0, 0.1) is 6.92 Å². The molecule has 2 fully saturated rings. The van der Waals surface area contributed by atoms with Crippen LogP contribution in [0.1, 0.15) is 36.8 Å². The summed E-state index contributed by atoms with van der Waals surface area (Å²) in [5.41, 5.74) is 1.51. The zero-order valence-electron chi connectivity index (χ0n) is 12.7. The van der Waals surface area contributed by atoms with Gasteiger partial charge in [-0.1, -0.05) is 24.3 Å². The zero-order chi connectivity index (χ0) is 15.0. The van der Waals surface area contributed by atoms with Crippen molar-refractivity contribution in [2.75, 3.05) is 18.1 Å². The molecule has 2 aliphatic rings. The molecule has 0 saturated carbocycles. The van der Waals surface area contributed by atoms with Crippen LogP contribution in [0.25, 0.3) is 0 Å². The molecule has 0 bridgehead atoms. The summed E-state index contributed by atoms with van der Waals surface area (Å²) in [7, 11) is 0. The fourth-order valence-electron chi connectivity index (χ4n) is 3.57. The molecule has 0 aliphatic carbocycles. The molecule has 3 nitrogen and oxygen atoms in total. The lowest BCUT2D eigenvalue weighted by molar-refractivity contribution is -0.149. The van der Waals surface area contributed by atoms with Gasteiger partial charge in [-0.05, 0) is 43.6 Å². The molecule has 1 N–H and O–H groups in total. The molecule has 3 atom stereocenters. The number of hydrogen-bond donors (Lipinski definition) is 1. The largest absolute Gasteiger partial charge is 0.379 e. The summed E-state index contributed by atoms with van der Waals surface area (Å²) in [6.45, 7) is 4.96. The van der Waals surface area contributed by atoms with Crippen molar-refractivity contribution in [3.8, 4) is 0 Å². The summed E-state index contributed by atoms with van der Waals surface area (Å²) in [6.07, 6.45) is 1.58. The number of thioether (sulfide) groups is 1. The van der Waals surface area contributed by atoms with Crippen molar-refractivity contribution in [3.63, 3.8) is 0 Å². The number of aliphatic hydroxyl groups is 1. The Balaban J connectivity index is 1.77. The SMILES string of the molecule is Cc1ccccc1C1CC(C)N(C(=O)C2(O)CCSC2)C1. The summed E-state index contributed by atoms with van der Waals surface area (Å²) < 4.78 is 0. The van der Waals surface area contributed by atoms with Crippen LogP contribution in [0.2, 0.25) is 0 Å². The van der Waals surface area contributed by atoms with Crippen LogP contribution in [0.5, 0.6) is 0 Å². The first-order valence-corrected chi connectivity index (χ1v) is 8.83. The molecule has 0 spiro atoms. The Hall–Kier alpha value is -1.000. The highest BCUT2D eigenvalue weighted by Gasteiger charge is 2.46. The van der Waals surface area contributed by atoms with Gasteiger partial charge in [0.25, 0.3) is 5.91 Å². The molecular weight excluding hydrogens is 282 g/mol. The second kappa shape index (κ2) is 5.65. The number of rotatable bonds is 2. The van der Waals surface area contributed by atoms with Gasteiger partial charge in [0.05, 0.1) is 0 Å². The normalized spacial score (nSPS) is 32.6. The van der Waals surface area contributed by atoms with E-state index in [1.165, 1.54) is 11.1 Å². The van der Waals surface area contributed by atoms with Crippen molar-refractivity contribution in [3.05, 3.63) is 35.4 Å². The molecule has 2 saturated heterocycles. The maximum atomic E-state index is 12.7. The minimum atomic E-state index is -1.13. The quantitative estimate of drug-likeness (QED) is 0.913. The van der Waals surface area contributed by atoms with Gasteiger partial charge in [0.2, 0.25) is 0 Å². The van der Waals surface area contributed by atoms with Gasteiger partial charge in [0.15, 0.2) is 5.60 Å². The van der Waals surface area contributed by atoms with Gasteiger partial charge >= 0.3 is 0 Å². The number of nitrogens with zero attached hydrogens (tertiary/aromatic N) is 1. The van der Waals surface area contributed by atoms with Gasteiger partial charge in [-0.3, -0.25) is 4.79 Å². The van der Waals surface area contributed by atoms with E-state index in [1.807, 2.05) is 4.90 Å². The van der Waals surface area contributed by atoms with Crippen LogP contribution in [0.15, 0.2) is 24.3 Å². The lowest BCUT2D eigenvalue weighted by Gasteiger charge is -2.30. The van der Waals surface area contributed by atoms with Crippen LogP contribution in [0.3, 0.4) is 0 Å². The summed E-state index contributed by atoms with van der Waals surface area (Å²) >= 11 is 1.67.